The van der Waals surface area contributed by atoms with E-state index in [2.05, 4.69) is 14.9 Å². The largest absolute Gasteiger partial charge is 0.282 e. The Morgan fingerprint density at radius 1 is 1.12 bits per heavy atom. The number of hydrogen-bond donors (Lipinski definition) is 2. The van der Waals surface area contributed by atoms with E-state index in [1.807, 2.05) is 6.07 Å². The second-order valence-electron chi connectivity index (χ2n) is 8.00. The van der Waals surface area contributed by atoms with E-state index in [1.54, 1.807) is 32.9 Å². The van der Waals surface area contributed by atoms with Crippen molar-refractivity contribution in [3.8, 4) is 11.3 Å². The minimum absolute atomic E-state index is 0.00466. The van der Waals surface area contributed by atoms with Gasteiger partial charge in [0.1, 0.15) is 5.82 Å². The zero-order valence-corrected chi connectivity index (χ0v) is 16.2. The molecule has 0 aliphatic heterocycles. The molecule has 1 aliphatic rings. The Morgan fingerprint density at radius 3 is 2.31 bits per heavy atom. The van der Waals surface area contributed by atoms with E-state index in [-0.39, 0.29) is 11.9 Å². The van der Waals surface area contributed by atoms with Gasteiger partial charge in [-0.25, -0.2) is 17.5 Å². The molecule has 1 heterocycles. The summed E-state index contributed by atoms with van der Waals surface area (Å²) in [6.45, 7) is 5.13. The number of nitrogens with one attached hydrogen (secondary N) is 2. The van der Waals surface area contributed by atoms with Gasteiger partial charge in [0, 0.05) is 23.2 Å². The van der Waals surface area contributed by atoms with Gasteiger partial charge in [0.15, 0.2) is 0 Å². The van der Waals surface area contributed by atoms with Crippen molar-refractivity contribution >= 4 is 10.0 Å². The van der Waals surface area contributed by atoms with Crippen molar-refractivity contribution < 1.29 is 12.8 Å². The van der Waals surface area contributed by atoms with Crippen LogP contribution < -0.4 is 4.72 Å². The molecule has 0 spiro atoms. The lowest BCUT2D eigenvalue weighted by molar-refractivity contribution is 0.367. The number of rotatable bonds is 4. The summed E-state index contributed by atoms with van der Waals surface area (Å²) >= 11 is 0. The number of aromatic amines is 1. The molecule has 1 saturated carbocycles. The molecule has 1 aliphatic carbocycles. The van der Waals surface area contributed by atoms with Crippen molar-refractivity contribution in [1.82, 2.24) is 14.9 Å². The van der Waals surface area contributed by atoms with Crippen molar-refractivity contribution in [2.24, 2.45) is 0 Å². The van der Waals surface area contributed by atoms with E-state index >= 15 is 0 Å². The van der Waals surface area contributed by atoms with Gasteiger partial charge in [0.05, 0.1) is 10.4 Å². The summed E-state index contributed by atoms with van der Waals surface area (Å²) in [6, 6.07) is 8.29. The third-order valence-corrected chi connectivity index (χ3v) is 7.29. The Morgan fingerprint density at radius 2 is 1.73 bits per heavy atom. The molecular formula is C19H26FN3O2S. The number of benzene rings is 1. The molecule has 7 heteroatoms. The second kappa shape index (κ2) is 7.12. The summed E-state index contributed by atoms with van der Waals surface area (Å²) in [5.74, 6) is 0.0765. The molecule has 2 aromatic rings. The van der Waals surface area contributed by atoms with Crippen LogP contribution in [0.5, 0.6) is 0 Å². The van der Waals surface area contributed by atoms with Gasteiger partial charge in [0.25, 0.3) is 0 Å². The zero-order valence-electron chi connectivity index (χ0n) is 15.4. The number of halogens is 1. The van der Waals surface area contributed by atoms with Crippen molar-refractivity contribution in [3.05, 3.63) is 41.8 Å². The fourth-order valence-electron chi connectivity index (χ4n) is 3.23. The van der Waals surface area contributed by atoms with E-state index in [1.165, 1.54) is 12.1 Å². The van der Waals surface area contributed by atoms with Crippen LogP contribution in [0.1, 0.15) is 58.1 Å². The second-order valence-corrected chi connectivity index (χ2v) is 10.5. The highest BCUT2D eigenvalue weighted by Crippen LogP contribution is 2.34. The number of hydrogen-bond acceptors (Lipinski definition) is 3. The summed E-state index contributed by atoms with van der Waals surface area (Å²) in [5.41, 5.74) is 2.73. The van der Waals surface area contributed by atoms with Gasteiger partial charge in [-0.2, -0.15) is 5.10 Å². The third kappa shape index (κ3) is 4.15. The lowest BCUT2D eigenvalue weighted by atomic mass is 9.84. The molecule has 0 radical (unpaired) electrons. The first kappa shape index (κ1) is 19.0. The van der Waals surface area contributed by atoms with Crippen LogP contribution >= 0.6 is 0 Å². The summed E-state index contributed by atoms with van der Waals surface area (Å²) in [6.07, 6.45) is 3.43. The highest BCUT2D eigenvalue weighted by atomic mass is 32.2. The molecule has 2 N–H and O–H groups in total. The Hall–Kier alpha value is -1.73. The molecular weight excluding hydrogens is 353 g/mol. The quantitative estimate of drug-likeness (QED) is 0.844. The van der Waals surface area contributed by atoms with Crippen LogP contribution in [0.3, 0.4) is 0 Å². The molecule has 1 aromatic carbocycles. The first-order valence-electron chi connectivity index (χ1n) is 8.99. The van der Waals surface area contributed by atoms with Gasteiger partial charge < -0.3 is 0 Å². The standard InChI is InChI=1S/C19H26FN3O2S/c1-19(2,3)26(24,25)23-16-10-6-14(7-11-16)18-12-17(21-22-18)13-4-8-15(20)9-5-13/h4-5,8-9,12,14,16,23H,6-7,10-11H2,1-3H3,(H,21,22)/t14-,16-. The Labute approximate surface area is 154 Å². The summed E-state index contributed by atoms with van der Waals surface area (Å²) in [5, 5.41) is 7.44. The highest BCUT2D eigenvalue weighted by molar-refractivity contribution is 7.90. The van der Waals surface area contributed by atoms with Crippen LogP contribution in [-0.4, -0.2) is 29.4 Å². The van der Waals surface area contributed by atoms with Crippen molar-refractivity contribution in [2.45, 2.75) is 63.2 Å². The van der Waals surface area contributed by atoms with Crippen LogP contribution in [0.25, 0.3) is 11.3 Å². The van der Waals surface area contributed by atoms with Gasteiger partial charge >= 0.3 is 0 Å². The molecule has 1 fully saturated rings. The molecule has 1 aromatic heterocycles. The van der Waals surface area contributed by atoms with E-state index in [0.717, 1.165) is 42.6 Å². The maximum atomic E-state index is 13.0. The topological polar surface area (TPSA) is 74.8 Å². The number of nitrogens with zero attached hydrogens (tertiary/aromatic N) is 1. The Bertz CT molecular complexity index is 846. The Kier molecular flexibility index (Phi) is 5.21. The van der Waals surface area contributed by atoms with Crippen LogP contribution in [0, 0.1) is 5.82 Å². The van der Waals surface area contributed by atoms with Crippen LogP contribution in [0.15, 0.2) is 30.3 Å². The normalized spacial score (nSPS) is 21.7. The van der Waals surface area contributed by atoms with Gasteiger partial charge in [-0.3, -0.25) is 5.10 Å². The summed E-state index contributed by atoms with van der Waals surface area (Å²) < 4.78 is 39.7. The van der Waals surface area contributed by atoms with Crippen molar-refractivity contribution in [1.29, 1.82) is 0 Å². The fourth-order valence-corrected chi connectivity index (χ4v) is 4.26. The van der Waals surface area contributed by atoms with Gasteiger partial charge in [-0.1, -0.05) is 0 Å². The van der Waals surface area contributed by atoms with Crippen molar-refractivity contribution in [2.75, 3.05) is 0 Å². The average molecular weight is 380 g/mol. The van der Waals surface area contributed by atoms with Crippen LogP contribution in [-0.2, 0) is 10.0 Å². The van der Waals surface area contributed by atoms with E-state index < -0.39 is 14.8 Å². The SMILES string of the molecule is CC(C)(C)S(=O)(=O)N[C@H]1CC[C@H](c2cc(-c3ccc(F)cc3)n[nH]2)CC1. The van der Waals surface area contributed by atoms with E-state index in [9.17, 15) is 12.8 Å². The number of H-pyrrole nitrogens is 1. The minimum atomic E-state index is -3.32. The van der Waals surface area contributed by atoms with Gasteiger partial charge in [-0.05, 0) is 76.8 Å². The third-order valence-electron chi connectivity index (χ3n) is 5.03. The lowest BCUT2D eigenvalue weighted by Crippen LogP contribution is -2.45. The van der Waals surface area contributed by atoms with E-state index in [4.69, 9.17) is 0 Å². The molecule has 26 heavy (non-hydrogen) atoms. The number of sulfonamides is 1. The smallest absolute Gasteiger partial charge is 0.216 e. The van der Waals surface area contributed by atoms with Gasteiger partial charge in [0.2, 0.25) is 10.0 Å². The maximum absolute atomic E-state index is 13.0. The molecule has 3 rings (SSSR count). The molecule has 142 valence electrons. The van der Waals surface area contributed by atoms with E-state index in [0.29, 0.717) is 5.92 Å². The molecule has 0 bridgehead atoms. The summed E-state index contributed by atoms with van der Waals surface area (Å²) in [4.78, 5) is 0. The monoisotopic (exact) mass is 379 g/mol. The lowest BCUT2D eigenvalue weighted by Gasteiger charge is -2.30. The minimum Gasteiger partial charge on any atom is -0.282 e. The zero-order chi connectivity index (χ0) is 18.9. The first-order valence-corrected chi connectivity index (χ1v) is 10.5. The number of aromatic nitrogens is 2. The Balaban J connectivity index is 1.61. The molecule has 0 amide bonds. The fraction of sp³-hybridized carbons (Fsp3) is 0.526. The highest BCUT2D eigenvalue weighted by Gasteiger charge is 2.33. The summed E-state index contributed by atoms with van der Waals surface area (Å²) in [7, 11) is -3.32. The molecule has 0 saturated heterocycles. The first-order chi connectivity index (χ1) is 12.2. The van der Waals surface area contributed by atoms with Crippen LogP contribution in [0.4, 0.5) is 4.39 Å². The predicted molar refractivity (Wildman–Crippen MR) is 101 cm³/mol. The average Bonchev–Trinajstić information content (AvgIpc) is 3.05. The van der Waals surface area contributed by atoms with Gasteiger partial charge in [-0.15, -0.1) is 0 Å². The molecule has 5 nitrogen and oxygen atoms in total. The maximum Gasteiger partial charge on any atom is 0.216 e. The van der Waals surface area contributed by atoms with Crippen LogP contribution in [0.2, 0.25) is 0 Å². The molecule has 0 atom stereocenters. The van der Waals surface area contributed by atoms with Crippen molar-refractivity contribution in [3.63, 3.8) is 0 Å². The predicted octanol–water partition coefficient (Wildman–Crippen LogP) is 3.96. The molecule has 0 unspecified atom stereocenters.